The SMILES string of the molecule is C[C@@H](COc1ccnc2c1[C@H](C)CCC2)CC1Cc2ccc(CNCc3ccccc3)cc2C12CCC(Nc1cccc(Cl)c1)(C(=O)O)CC2. The Morgan fingerprint density at radius 3 is 2.58 bits per heavy atom. The molecule has 50 heavy (non-hydrogen) atoms. The van der Waals surface area contributed by atoms with E-state index in [2.05, 4.69) is 71.9 Å². The minimum atomic E-state index is -1.04. The first kappa shape index (κ1) is 34.6. The number of aliphatic carboxylic acids is 1. The summed E-state index contributed by atoms with van der Waals surface area (Å²) < 4.78 is 6.59. The van der Waals surface area contributed by atoms with Gasteiger partial charge in [0.15, 0.2) is 0 Å². The van der Waals surface area contributed by atoms with Crippen LogP contribution >= 0.6 is 11.6 Å². The molecular formula is C43H50ClN3O3. The highest BCUT2D eigenvalue weighted by Gasteiger charge is 2.54. The molecule has 1 unspecified atom stereocenters. The number of carboxylic acids is 1. The summed E-state index contributed by atoms with van der Waals surface area (Å²) in [6.45, 7) is 6.88. The molecule has 7 rings (SSSR count). The third-order valence-corrected chi connectivity index (χ3v) is 12.1. The molecule has 3 aromatic carbocycles. The number of nitrogens with zero attached hydrogens (tertiary/aromatic N) is 1. The zero-order chi connectivity index (χ0) is 34.7. The van der Waals surface area contributed by atoms with E-state index in [1.807, 2.05) is 42.6 Å². The van der Waals surface area contributed by atoms with Gasteiger partial charge in [-0.1, -0.05) is 80.0 Å². The Morgan fingerprint density at radius 1 is 1.00 bits per heavy atom. The van der Waals surface area contributed by atoms with Crippen molar-refractivity contribution in [3.63, 3.8) is 0 Å². The molecule has 3 aliphatic rings. The standard InChI is InChI=1S/C43H50ClN3O3/c1-29(28-50-39-16-21-46-38-13-6-8-30(2)40(38)39)22-34-24-33-15-14-32(27-45-26-31-9-4-3-5-10-31)23-37(33)42(34)17-19-43(20-18-42,41(48)49)47-36-12-7-11-35(44)25-36/h3-5,7,9-12,14-16,21,23,25,29-30,34,45,47H,6,8,13,17-20,22,24,26-28H2,1-2H3,(H,48,49)/t29-,30-,34?,42?,43?/m1/s1. The average molecular weight is 692 g/mol. The Kier molecular flexibility index (Phi) is 10.2. The molecule has 262 valence electrons. The van der Waals surface area contributed by atoms with Crippen LogP contribution in [0.3, 0.4) is 0 Å². The van der Waals surface area contributed by atoms with Crippen LogP contribution in [0, 0.1) is 11.8 Å². The number of nitrogens with one attached hydrogen (secondary N) is 2. The fourth-order valence-corrected chi connectivity index (χ4v) is 9.39. The van der Waals surface area contributed by atoms with Crippen molar-refractivity contribution in [1.82, 2.24) is 10.3 Å². The van der Waals surface area contributed by atoms with Crippen molar-refractivity contribution in [2.45, 2.75) is 102 Å². The minimum absolute atomic E-state index is 0.0850. The number of hydrogen-bond donors (Lipinski definition) is 3. The van der Waals surface area contributed by atoms with Gasteiger partial charge in [0.1, 0.15) is 11.3 Å². The van der Waals surface area contributed by atoms with E-state index >= 15 is 0 Å². The lowest BCUT2D eigenvalue weighted by molar-refractivity contribution is -0.144. The van der Waals surface area contributed by atoms with Crippen LogP contribution in [0.25, 0.3) is 0 Å². The first-order valence-electron chi connectivity index (χ1n) is 18.5. The van der Waals surface area contributed by atoms with Crippen LogP contribution in [-0.4, -0.2) is 28.2 Å². The van der Waals surface area contributed by atoms with E-state index in [-0.39, 0.29) is 5.41 Å². The van der Waals surface area contributed by atoms with Crippen molar-refractivity contribution in [1.29, 1.82) is 0 Å². The van der Waals surface area contributed by atoms with E-state index in [0.717, 1.165) is 56.6 Å². The molecule has 1 spiro atoms. The van der Waals surface area contributed by atoms with Crippen molar-refractivity contribution in [2.24, 2.45) is 11.8 Å². The molecule has 0 saturated heterocycles. The number of anilines is 1. The number of benzene rings is 3. The molecule has 0 aliphatic heterocycles. The highest BCUT2D eigenvalue weighted by Crippen LogP contribution is 2.56. The molecule has 1 aromatic heterocycles. The second kappa shape index (κ2) is 14.8. The molecule has 0 bridgehead atoms. The quantitative estimate of drug-likeness (QED) is 0.137. The summed E-state index contributed by atoms with van der Waals surface area (Å²) in [5.74, 6) is 1.43. The highest BCUT2D eigenvalue weighted by atomic mass is 35.5. The lowest BCUT2D eigenvalue weighted by atomic mass is 9.59. The molecule has 3 N–H and O–H groups in total. The highest BCUT2D eigenvalue weighted by molar-refractivity contribution is 6.30. The largest absolute Gasteiger partial charge is 0.493 e. The van der Waals surface area contributed by atoms with Crippen LogP contribution in [0.5, 0.6) is 5.75 Å². The number of rotatable bonds is 12. The molecule has 0 radical (unpaired) electrons. The van der Waals surface area contributed by atoms with Gasteiger partial charge in [0.2, 0.25) is 0 Å². The number of pyridine rings is 1. The first-order valence-corrected chi connectivity index (χ1v) is 18.9. The number of halogens is 1. The smallest absolute Gasteiger partial charge is 0.329 e. The topological polar surface area (TPSA) is 83.5 Å². The normalized spacial score (nSPS) is 24.7. The van der Waals surface area contributed by atoms with Crippen molar-refractivity contribution < 1.29 is 14.6 Å². The van der Waals surface area contributed by atoms with Crippen molar-refractivity contribution >= 4 is 23.3 Å². The Morgan fingerprint density at radius 2 is 1.80 bits per heavy atom. The summed E-state index contributed by atoms with van der Waals surface area (Å²) in [5.41, 5.74) is 7.52. The Bertz CT molecular complexity index is 1800. The van der Waals surface area contributed by atoms with Gasteiger partial charge in [-0.15, -0.1) is 0 Å². The van der Waals surface area contributed by atoms with E-state index in [1.54, 1.807) is 0 Å². The van der Waals surface area contributed by atoms with Crippen LogP contribution in [0.4, 0.5) is 5.69 Å². The van der Waals surface area contributed by atoms with Gasteiger partial charge in [-0.3, -0.25) is 4.98 Å². The summed E-state index contributed by atoms with van der Waals surface area (Å²) in [6, 6.07) is 27.0. The monoisotopic (exact) mass is 691 g/mol. The molecule has 0 amide bonds. The summed E-state index contributed by atoms with van der Waals surface area (Å²) in [4.78, 5) is 17.7. The van der Waals surface area contributed by atoms with E-state index in [9.17, 15) is 9.90 Å². The van der Waals surface area contributed by atoms with Crippen molar-refractivity contribution in [3.05, 3.63) is 124 Å². The van der Waals surface area contributed by atoms with Crippen LogP contribution in [-0.2, 0) is 36.1 Å². The number of carbonyl (C=O) groups is 1. The molecule has 1 heterocycles. The van der Waals surface area contributed by atoms with Crippen LogP contribution in [0.15, 0.2) is 85.1 Å². The first-order chi connectivity index (χ1) is 24.2. The summed E-state index contributed by atoms with van der Waals surface area (Å²) >= 11 is 6.30. The molecule has 1 saturated carbocycles. The van der Waals surface area contributed by atoms with Crippen LogP contribution < -0.4 is 15.4 Å². The van der Waals surface area contributed by atoms with Gasteiger partial charge in [0.25, 0.3) is 0 Å². The Balaban J connectivity index is 1.11. The van der Waals surface area contributed by atoms with Crippen LogP contribution in [0.2, 0.25) is 5.02 Å². The maximum absolute atomic E-state index is 13.0. The van der Waals surface area contributed by atoms with Gasteiger partial charge in [-0.2, -0.15) is 0 Å². The fourth-order valence-electron chi connectivity index (χ4n) is 9.20. The number of aromatic nitrogens is 1. The zero-order valence-corrected chi connectivity index (χ0v) is 30.1. The van der Waals surface area contributed by atoms with Gasteiger partial charge in [-0.25, -0.2) is 4.79 Å². The lowest BCUT2D eigenvalue weighted by Crippen LogP contribution is -2.53. The van der Waals surface area contributed by atoms with Crippen molar-refractivity contribution in [2.75, 3.05) is 11.9 Å². The van der Waals surface area contributed by atoms with Crippen LogP contribution in [0.1, 0.15) is 98.2 Å². The number of ether oxygens (including phenoxy) is 1. The third-order valence-electron chi connectivity index (χ3n) is 11.9. The molecule has 1 fully saturated rings. The summed E-state index contributed by atoms with van der Waals surface area (Å²) in [7, 11) is 0. The van der Waals surface area contributed by atoms with Gasteiger partial charge >= 0.3 is 5.97 Å². The van der Waals surface area contributed by atoms with Gasteiger partial charge in [0.05, 0.1) is 6.61 Å². The van der Waals surface area contributed by atoms with E-state index in [1.165, 1.54) is 46.4 Å². The predicted molar refractivity (Wildman–Crippen MR) is 201 cm³/mol. The number of aryl methyl sites for hydroxylation is 1. The minimum Gasteiger partial charge on any atom is -0.493 e. The molecule has 4 aromatic rings. The molecule has 3 aliphatic carbocycles. The van der Waals surface area contributed by atoms with Crippen molar-refractivity contribution in [3.8, 4) is 5.75 Å². The zero-order valence-electron chi connectivity index (χ0n) is 29.4. The van der Waals surface area contributed by atoms with Gasteiger partial charge in [-0.05, 0) is 127 Å². The predicted octanol–water partition coefficient (Wildman–Crippen LogP) is 9.49. The van der Waals surface area contributed by atoms with E-state index < -0.39 is 11.5 Å². The lowest BCUT2D eigenvalue weighted by Gasteiger charge is -2.47. The molecule has 6 nitrogen and oxygen atoms in total. The molecule has 7 heteroatoms. The number of carboxylic acid groups (broad SMARTS) is 1. The third kappa shape index (κ3) is 7.15. The number of hydrogen-bond acceptors (Lipinski definition) is 5. The second-order valence-corrected chi connectivity index (χ2v) is 15.7. The average Bonchev–Trinajstić information content (AvgIpc) is 3.40. The Labute approximate surface area is 302 Å². The van der Waals surface area contributed by atoms with E-state index in [0.29, 0.717) is 42.2 Å². The second-order valence-electron chi connectivity index (χ2n) is 15.3. The summed E-state index contributed by atoms with van der Waals surface area (Å²) in [5, 5.41) is 18.3. The van der Waals surface area contributed by atoms with E-state index in [4.69, 9.17) is 16.3 Å². The van der Waals surface area contributed by atoms with Gasteiger partial charge < -0.3 is 20.5 Å². The number of fused-ring (bicyclic) bond motifs is 3. The maximum atomic E-state index is 13.0. The fraction of sp³-hybridized carbons (Fsp3) is 0.442. The molecule has 3 atom stereocenters. The maximum Gasteiger partial charge on any atom is 0.329 e. The van der Waals surface area contributed by atoms with Gasteiger partial charge in [0, 0.05) is 41.3 Å². The molecular weight excluding hydrogens is 642 g/mol. The summed E-state index contributed by atoms with van der Waals surface area (Å²) in [6.07, 6.45) is 10.1. The Hall–Kier alpha value is -3.87.